The van der Waals surface area contributed by atoms with Gasteiger partial charge in [0.2, 0.25) is 0 Å². The molecule has 2 rings (SSSR count). The second-order valence-corrected chi connectivity index (χ2v) is 4.37. The number of hydrogen-bond acceptors (Lipinski definition) is 4. The van der Waals surface area contributed by atoms with Crippen molar-refractivity contribution in [1.29, 1.82) is 0 Å². The van der Waals surface area contributed by atoms with Crippen LogP contribution in [0.1, 0.15) is 10.4 Å². The number of methoxy groups -OCH3 is 1. The van der Waals surface area contributed by atoms with E-state index in [1.165, 1.54) is 37.4 Å². The third kappa shape index (κ3) is 3.69. The molecule has 2 aromatic carbocycles. The van der Waals surface area contributed by atoms with Crippen molar-refractivity contribution < 1.29 is 27.4 Å². The van der Waals surface area contributed by atoms with Crippen molar-refractivity contribution in [1.82, 2.24) is 0 Å². The summed E-state index contributed by atoms with van der Waals surface area (Å²) in [6.45, 7) is 0. The van der Waals surface area contributed by atoms with Gasteiger partial charge in [-0.25, -0.2) is 4.79 Å². The molecule has 0 aromatic heterocycles. The standard InChI is InChI=1S/C15H12F3NO3/c1-21-14(20)13-8-10(19)4-7-12(13)9-2-5-11(6-3-9)22-15(16,17)18/h2-8H,19H2,1H3. The number of anilines is 1. The largest absolute Gasteiger partial charge is 0.573 e. The normalized spacial score (nSPS) is 11.1. The highest BCUT2D eigenvalue weighted by Gasteiger charge is 2.31. The van der Waals surface area contributed by atoms with E-state index in [1.807, 2.05) is 0 Å². The van der Waals surface area contributed by atoms with Gasteiger partial charge in [-0.3, -0.25) is 0 Å². The third-order valence-electron chi connectivity index (χ3n) is 2.85. The lowest BCUT2D eigenvalue weighted by molar-refractivity contribution is -0.274. The van der Waals surface area contributed by atoms with E-state index < -0.39 is 12.3 Å². The molecule has 2 N–H and O–H groups in total. The summed E-state index contributed by atoms with van der Waals surface area (Å²) in [7, 11) is 1.23. The average Bonchev–Trinajstić information content (AvgIpc) is 2.46. The molecule has 116 valence electrons. The van der Waals surface area contributed by atoms with Gasteiger partial charge in [0.15, 0.2) is 0 Å². The van der Waals surface area contributed by atoms with E-state index in [4.69, 9.17) is 5.73 Å². The molecule has 0 heterocycles. The van der Waals surface area contributed by atoms with Gasteiger partial charge in [-0.2, -0.15) is 0 Å². The van der Waals surface area contributed by atoms with Gasteiger partial charge in [-0.05, 0) is 35.4 Å². The molecule has 0 saturated heterocycles. The highest BCUT2D eigenvalue weighted by Crippen LogP contribution is 2.29. The van der Waals surface area contributed by atoms with Crippen LogP contribution in [0.4, 0.5) is 18.9 Å². The summed E-state index contributed by atoms with van der Waals surface area (Å²) < 4.78 is 44.9. The van der Waals surface area contributed by atoms with E-state index in [0.717, 1.165) is 0 Å². The molecule has 0 atom stereocenters. The van der Waals surface area contributed by atoms with Crippen molar-refractivity contribution in [2.24, 2.45) is 0 Å². The second kappa shape index (κ2) is 5.97. The predicted octanol–water partition coefficient (Wildman–Crippen LogP) is 3.62. The molecule has 2 aromatic rings. The van der Waals surface area contributed by atoms with Crippen LogP contribution in [0, 0.1) is 0 Å². The van der Waals surface area contributed by atoms with Crippen LogP contribution >= 0.6 is 0 Å². The fourth-order valence-corrected chi connectivity index (χ4v) is 1.93. The lowest BCUT2D eigenvalue weighted by Gasteiger charge is -2.11. The van der Waals surface area contributed by atoms with Crippen molar-refractivity contribution in [3.8, 4) is 16.9 Å². The maximum absolute atomic E-state index is 12.1. The van der Waals surface area contributed by atoms with E-state index in [1.54, 1.807) is 12.1 Å². The topological polar surface area (TPSA) is 61.5 Å². The molecule has 0 radical (unpaired) electrons. The maximum Gasteiger partial charge on any atom is 0.573 e. The molecular formula is C15H12F3NO3. The number of benzene rings is 2. The van der Waals surface area contributed by atoms with Crippen LogP contribution in [0.5, 0.6) is 5.75 Å². The Balaban J connectivity index is 2.38. The van der Waals surface area contributed by atoms with Crippen LogP contribution in [0.25, 0.3) is 11.1 Å². The van der Waals surface area contributed by atoms with Gasteiger partial charge < -0.3 is 15.2 Å². The summed E-state index contributed by atoms with van der Waals surface area (Å²) >= 11 is 0. The molecule has 0 aliphatic carbocycles. The lowest BCUT2D eigenvalue weighted by Crippen LogP contribution is -2.16. The molecule has 0 spiro atoms. The number of alkyl halides is 3. The summed E-state index contributed by atoms with van der Waals surface area (Å²) in [6.07, 6.45) is -4.75. The minimum absolute atomic E-state index is 0.229. The minimum Gasteiger partial charge on any atom is -0.465 e. The fourth-order valence-electron chi connectivity index (χ4n) is 1.93. The zero-order chi connectivity index (χ0) is 16.3. The van der Waals surface area contributed by atoms with Crippen LogP contribution < -0.4 is 10.5 Å². The fraction of sp³-hybridized carbons (Fsp3) is 0.133. The number of carbonyl (C=O) groups excluding carboxylic acids is 1. The summed E-state index contributed by atoms with van der Waals surface area (Å²) in [6, 6.07) is 9.79. The van der Waals surface area contributed by atoms with Gasteiger partial charge in [-0.15, -0.1) is 13.2 Å². The van der Waals surface area contributed by atoms with E-state index in [-0.39, 0.29) is 11.3 Å². The first-order valence-electron chi connectivity index (χ1n) is 6.14. The number of nitrogens with two attached hydrogens (primary N) is 1. The summed E-state index contributed by atoms with van der Waals surface area (Å²) in [5.74, 6) is -0.927. The Bertz CT molecular complexity index is 681. The third-order valence-corrected chi connectivity index (χ3v) is 2.85. The van der Waals surface area contributed by atoms with Gasteiger partial charge in [-0.1, -0.05) is 18.2 Å². The molecule has 0 aliphatic heterocycles. The Labute approximate surface area is 124 Å². The molecule has 0 amide bonds. The molecule has 0 fully saturated rings. The van der Waals surface area contributed by atoms with Crippen molar-refractivity contribution in [3.63, 3.8) is 0 Å². The molecule has 22 heavy (non-hydrogen) atoms. The quantitative estimate of drug-likeness (QED) is 0.694. The van der Waals surface area contributed by atoms with Crippen LogP contribution in [-0.2, 0) is 4.74 Å². The van der Waals surface area contributed by atoms with Crippen LogP contribution in [0.15, 0.2) is 42.5 Å². The van der Waals surface area contributed by atoms with E-state index in [9.17, 15) is 18.0 Å². The molecule has 0 saturated carbocycles. The number of rotatable bonds is 3. The minimum atomic E-state index is -4.75. The van der Waals surface area contributed by atoms with E-state index in [2.05, 4.69) is 9.47 Å². The van der Waals surface area contributed by atoms with Crippen LogP contribution in [0.3, 0.4) is 0 Å². The molecule has 0 unspecified atom stereocenters. The highest BCUT2D eigenvalue weighted by atomic mass is 19.4. The van der Waals surface area contributed by atoms with Crippen LogP contribution in [-0.4, -0.2) is 19.4 Å². The number of esters is 1. The van der Waals surface area contributed by atoms with E-state index in [0.29, 0.717) is 16.8 Å². The van der Waals surface area contributed by atoms with Crippen molar-refractivity contribution in [2.75, 3.05) is 12.8 Å². The van der Waals surface area contributed by atoms with Gasteiger partial charge in [0.1, 0.15) is 5.75 Å². The molecule has 4 nitrogen and oxygen atoms in total. The first kappa shape index (κ1) is 15.7. The SMILES string of the molecule is COC(=O)c1cc(N)ccc1-c1ccc(OC(F)(F)F)cc1. The van der Waals surface area contributed by atoms with E-state index >= 15 is 0 Å². The van der Waals surface area contributed by atoms with Crippen molar-refractivity contribution >= 4 is 11.7 Å². The Morgan fingerprint density at radius 2 is 1.73 bits per heavy atom. The molecular weight excluding hydrogens is 299 g/mol. The Morgan fingerprint density at radius 3 is 2.27 bits per heavy atom. The van der Waals surface area contributed by atoms with Crippen molar-refractivity contribution in [3.05, 3.63) is 48.0 Å². The number of nitrogen functional groups attached to an aromatic ring is 1. The zero-order valence-electron chi connectivity index (χ0n) is 11.5. The van der Waals surface area contributed by atoms with Crippen molar-refractivity contribution in [2.45, 2.75) is 6.36 Å². The summed E-state index contributed by atoms with van der Waals surface area (Å²) in [5, 5.41) is 0. The maximum atomic E-state index is 12.1. The Hall–Kier alpha value is -2.70. The van der Waals surface area contributed by atoms with Gasteiger partial charge >= 0.3 is 12.3 Å². The highest BCUT2D eigenvalue weighted by molar-refractivity contribution is 5.98. The number of carbonyl (C=O) groups is 1. The number of ether oxygens (including phenoxy) is 2. The summed E-state index contributed by atoms with van der Waals surface area (Å²) in [5.41, 5.74) is 7.28. The summed E-state index contributed by atoms with van der Waals surface area (Å²) in [4.78, 5) is 11.8. The molecule has 0 aliphatic rings. The van der Waals surface area contributed by atoms with Gasteiger partial charge in [0.05, 0.1) is 12.7 Å². The number of hydrogen-bond donors (Lipinski definition) is 1. The smallest absolute Gasteiger partial charge is 0.465 e. The van der Waals surface area contributed by atoms with Gasteiger partial charge in [0.25, 0.3) is 0 Å². The molecule has 0 bridgehead atoms. The predicted molar refractivity (Wildman–Crippen MR) is 74.3 cm³/mol. The first-order chi connectivity index (χ1) is 10.3. The Kier molecular flexibility index (Phi) is 4.25. The van der Waals surface area contributed by atoms with Crippen LogP contribution in [0.2, 0.25) is 0 Å². The first-order valence-corrected chi connectivity index (χ1v) is 6.14. The molecule has 7 heteroatoms. The second-order valence-electron chi connectivity index (χ2n) is 4.37. The monoisotopic (exact) mass is 311 g/mol. The zero-order valence-corrected chi connectivity index (χ0v) is 11.5. The average molecular weight is 311 g/mol. The Morgan fingerprint density at radius 1 is 1.09 bits per heavy atom. The van der Waals surface area contributed by atoms with Gasteiger partial charge in [0, 0.05) is 5.69 Å². The number of halogens is 3. The lowest BCUT2D eigenvalue weighted by atomic mass is 9.99.